The quantitative estimate of drug-likeness (QED) is 0.497. The molecule has 5 unspecified atom stereocenters. The maximum atomic E-state index is 10.2. The van der Waals surface area contributed by atoms with Crippen LogP contribution in [0.25, 0.3) is 0 Å². The molecule has 0 aliphatic carbocycles. The number of benzene rings is 2. The van der Waals surface area contributed by atoms with Crippen LogP contribution < -0.4 is 23.7 Å². The summed E-state index contributed by atoms with van der Waals surface area (Å²) in [6, 6.07) is 8.93. The number of aliphatic hydroxyl groups is 4. The minimum atomic E-state index is -1.52. The second kappa shape index (κ2) is 8.54. The van der Waals surface area contributed by atoms with Gasteiger partial charge >= 0.3 is 0 Å². The Morgan fingerprint density at radius 3 is 2.48 bits per heavy atom. The van der Waals surface area contributed by atoms with Gasteiger partial charge in [0.05, 0.1) is 33.4 Å². The van der Waals surface area contributed by atoms with Gasteiger partial charge in [0.25, 0.3) is 0 Å². The summed E-state index contributed by atoms with van der Waals surface area (Å²) < 4.78 is 34.3. The van der Waals surface area contributed by atoms with Gasteiger partial charge in [0.2, 0.25) is 12.0 Å². The highest BCUT2D eigenvalue weighted by atomic mass is 16.7. The molecule has 0 spiro atoms. The molecule has 178 valence electrons. The number of methoxy groups -OCH3 is 2. The summed E-state index contributed by atoms with van der Waals surface area (Å²) in [6.45, 7) is -0.156. The highest BCUT2D eigenvalue weighted by molar-refractivity contribution is 5.61. The minimum Gasteiger partial charge on any atom is -0.493 e. The van der Waals surface area contributed by atoms with Crippen molar-refractivity contribution in [3.8, 4) is 28.7 Å². The summed E-state index contributed by atoms with van der Waals surface area (Å²) in [5.74, 6) is 2.60. The summed E-state index contributed by atoms with van der Waals surface area (Å²) in [5, 5.41) is 39.5. The van der Waals surface area contributed by atoms with Crippen molar-refractivity contribution >= 4 is 0 Å². The molecule has 1 saturated heterocycles. The van der Waals surface area contributed by atoms with E-state index in [9.17, 15) is 20.4 Å². The summed E-state index contributed by atoms with van der Waals surface area (Å²) in [4.78, 5) is 0. The summed E-state index contributed by atoms with van der Waals surface area (Å²) in [6.07, 6.45) is -7.09. The Hall–Kier alpha value is -2.76. The average Bonchev–Trinajstić information content (AvgIpc) is 3.22. The molecule has 0 amide bonds. The molecule has 5 rings (SSSR count). The third-order valence-electron chi connectivity index (χ3n) is 6.35. The molecule has 2 aromatic carbocycles. The fourth-order valence-corrected chi connectivity index (χ4v) is 4.58. The summed E-state index contributed by atoms with van der Waals surface area (Å²) >= 11 is 0. The maximum absolute atomic E-state index is 10.2. The second-order valence-corrected chi connectivity index (χ2v) is 8.19. The molecule has 0 saturated carbocycles. The molecule has 0 bridgehead atoms. The van der Waals surface area contributed by atoms with Gasteiger partial charge in [-0.1, -0.05) is 6.07 Å². The van der Waals surface area contributed by atoms with Crippen LogP contribution in [0.4, 0.5) is 0 Å². The van der Waals surface area contributed by atoms with E-state index in [1.807, 2.05) is 12.1 Å². The lowest BCUT2D eigenvalue weighted by Crippen LogP contribution is -2.60. The molecule has 3 aliphatic rings. The number of rotatable bonds is 5. The number of hydrogen-bond donors (Lipinski definition) is 4. The van der Waals surface area contributed by atoms with Crippen LogP contribution in [0.1, 0.15) is 23.1 Å². The first-order valence-electron chi connectivity index (χ1n) is 10.6. The Kier molecular flexibility index (Phi) is 5.71. The standard InChI is InChI=1S/C23H26O10/c1-28-14-6-5-11-13-9-30-15-7-10(3-4-12(15)20(13)33-21(11)22(14)29-2)31-23-19(27)18(26)17(25)16(8-24)32-23/h3-7,13,16-20,23-27H,8-9H2,1-2H3/t13-,16?,17?,18?,19?,20-,23?/m1/s1. The van der Waals surface area contributed by atoms with Crippen molar-refractivity contribution in [1.29, 1.82) is 0 Å². The molecule has 10 heteroatoms. The molecule has 33 heavy (non-hydrogen) atoms. The van der Waals surface area contributed by atoms with Crippen molar-refractivity contribution in [2.75, 3.05) is 27.4 Å². The van der Waals surface area contributed by atoms with E-state index in [4.69, 9.17) is 28.4 Å². The molecule has 0 aromatic heterocycles. The molecule has 7 atom stereocenters. The predicted octanol–water partition coefficient (Wildman–Crippen LogP) is 0.492. The van der Waals surface area contributed by atoms with Crippen LogP contribution in [0, 0.1) is 0 Å². The van der Waals surface area contributed by atoms with Crippen molar-refractivity contribution in [3.63, 3.8) is 0 Å². The summed E-state index contributed by atoms with van der Waals surface area (Å²) in [5.41, 5.74) is 1.80. The van der Waals surface area contributed by atoms with Crippen molar-refractivity contribution < 1.29 is 48.8 Å². The van der Waals surface area contributed by atoms with Crippen molar-refractivity contribution in [1.82, 2.24) is 0 Å². The lowest BCUT2D eigenvalue weighted by molar-refractivity contribution is -0.277. The first kappa shape index (κ1) is 22.1. The SMILES string of the molecule is COc1ccc2c(c1OC)O[C@@H]1c3ccc(OC4OC(CO)C(O)C(O)C4O)cc3OC[C@H]21. The van der Waals surface area contributed by atoms with Crippen molar-refractivity contribution in [3.05, 3.63) is 41.5 Å². The van der Waals surface area contributed by atoms with Crippen molar-refractivity contribution in [2.45, 2.75) is 42.7 Å². The molecule has 2 aromatic rings. The molecule has 10 nitrogen and oxygen atoms in total. The van der Waals surface area contributed by atoms with E-state index in [2.05, 4.69) is 0 Å². The largest absolute Gasteiger partial charge is 0.493 e. The average molecular weight is 462 g/mol. The normalized spacial score (nSPS) is 32.0. The van der Waals surface area contributed by atoms with Crippen LogP contribution in [0.3, 0.4) is 0 Å². The molecular formula is C23H26O10. The van der Waals surface area contributed by atoms with Gasteiger partial charge in [-0.3, -0.25) is 0 Å². The Labute approximate surface area is 189 Å². The molecule has 4 N–H and O–H groups in total. The topological polar surface area (TPSA) is 136 Å². The van der Waals surface area contributed by atoms with Gasteiger partial charge in [0.15, 0.2) is 11.5 Å². The van der Waals surface area contributed by atoms with Crippen LogP contribution in [-0.2, 0) is 4.74 Å². The first-order valence-corrected chi connectivity index (χ1v) is 10.6. The zero-order valence-corrected chi connectivity index (χ0v) is 18.1. The Morgan fingerprint density at radius 2 is 1.76 bits per heavy atom. The van der Waals surface area contributed by atoms with Gasteiger partial charge < -0.3 is 48.8 Å². The Balaban J connectivity index is 1.38. The third-order valence-corrected chi connectivity index (χ3v) is 6.35. The highest BCUT2D eigenvalue weighted by Gasteiger charge is 2.46. The zero-order valence-electron chi connectivity index (χ0n) is 18.1. The highest BCUT2D eigenvalue weighted by Crippen LogP contribution is 2.56. The monoisotopic (exact) mass is 462 g/mol. The molecule has 3 aliphatic heterocycles. The van der Waals surface area contributed by atoms with E-state index in [0.717, 1.165) is 11.1 Å². The van der Waals surface area contributed by atoms with Crippen LogP contribution in [0.2, 0.25) is 0 Å². The summed E-state index contributed by atoms with van der Waals surface area (Å²) in [7, 11) is 3.14. The van der Waals surface area contributed by atoms with Gasteiger partial charge in [-0.25, -0.2) is 0 Å². The molecular weight excluding hydrogens is 436 g/mol. The Morgan fingerprint density at radius 1 is 0.970 bits per heavy atom. The van der Waals surface area contributed by atoms with E-state index >= 15 is 0 Å². The van der Waals surface area contributed by atoms with E-state index < -0.39 is 37.3 Å². The Bertz CT molecular complexity index is 1020. The number of ether oxygens (including phenoxy) is 6. The van der Waals surface area contributed by atoms with Gasteiger partial charge in [0.1, 0.15) is 42.0 Å². The van der Waals surface area contributed by atoms with E-state index in [1.54, 1.807) is 32.4 Å². The van der Waals surface area contributed by atoms with Gasteiger partial charge in [-0.2, -0.15) is 0 Å². The molecule has 3 heterocycles. The zero-order chi connectivity index (χ0) is 23.3. The fourth-order valence-electron chi connectivity index (χ4n) is 4.58. The van der Waals surface area contributed by atoms with E-state index in [0.29, 0.717) is 35.4 Å². The van der Waals surface area contributed by atoms with E-state index in [-0.39, 0.29) is 12.0 Å². The van der Waals surface area contributed by atoms with Crippen LogP contribution in [0.15, 0.2) is 30.3 Å². The third kappa shape index (κ3) is 3.54. The second-order valence-electron chi connectivity index (χ2n) is 8.19. The fraction of sp³-hybridized carbons (Fsp3) is 0.478. The van der Waals surface area contributed by atoms with Gasteiger partial charge in [-0.05, 0) is 18.2 Å². The van der Waals surface area contributed by atoms with Crippen LogP contribution in [0.5, 0.6) is 28.7 Å². The maximum Gasteiger partial charge on any atom is 0.229 e. The number of fused-ring (bicyclic) bond motifs is 5. The van der Waals surface area contributed by atoms with Gasteiger partial charge in [-0.15, -0.1) is 0 Å². The predicted molar refractivity (Wildman–Crippen MR) is 112 cm³/mol. The lowest BCUT2D eigenvalue weighted by atomic mass is 9.89. The smallest absolute Gasteiger partial charge is 0.229 e. The molecule has 1 fully saturated rings. The van der Waals surface area contributed by atoms with Gasteiger partial charge in [0, 0.05) is 17.2 Å². The van der Waals surface area contributed by atoms with E-state index in [1.165, 1.54) is 0 Å². The minimum absolute atomic E-state index is 0.0236. The number of hydrogen-bond acceptors (Lipinski definition) is 10. The van der Waals surface area contributed by atoms with Crippen molar-refractivity contribution in [2.24, 2.45) is 0 Å². The molecule has 0 radical (unpaired) electrons. The van der Waals surface area contributed by atoms with Crippen LogP contribution in [-0.4, -0.2) is 78.6 Å². The number of aliphatic hydroxyl groups excluding tert-OH is 4. The van der Waals surface area contributed by atoms with Crippen LogP contribution >= 0.6 is 0 Å². The lowest BCUT2D eigenvalue weighted by Gasteiger charge is -2.39. The first-order chi connectivity index (χ1) is 16.0.